The largest absolute Gasteiger partial charge is 0.544 e. The van der Waals surface area contributed by atoms with E-state index < -0.39 is 25.0 Å². The molecular formula is C28H49NO4Si3. The quantitative estimate of drug-likeness (QED) is 0.260. The third kappa shape index (κ3) is 5.87. The lowest BCUT2D eigenvalue weighted by Crippen LogP contribution is -2.50. The Bertz CT molecular complexity index is 994. The normalized spacial score (nSPS) is 33.6. The van der Waals surface area contributed by atoms with Crippen LogP contribution in [0.2, 0.25) is 58.9 Å². The Morgan fingerprint density at radius 2 is 1.58 bits per heavy atom. The van der Waals surface area contributed by atoms with Gasteiger partial charge in [0, 0.05) is 5.56 Å². The highest BCUT2D eigenvalue weighted by atomic mass is 28.4. The van der Waals surface area contributed by atoms with E-state index in [0.717, 1.165) is 24.3 Å². The lowest BCUT2D eigenvalue weighted by atomic mass is 9.55. The van der Waals surface area contributed by atoms with Crippen molar-refractivity contribution in [1.29, 1.82) is 0 Å². The first-order valence-corrected chi connectivity index (χ1v) is 24.0. The molecule has 0 aromatic heterocycles. The number of oxime groups is 1. The van der Waals surface area contributed by atoms with Gasteiger partial charge in [0.1, 0.15) is 12.9 Å². The second-order valence-corrected chi connectivity index (χ2v) is 27.8. The van der Waals surface area contributed by atoms with E-state index in [1.54, 1.807) is 7.11 Å². The van der Waals surface area contributed by atoms with Crippen molar-refractivity contribution in [2.75, 3.05) is 7.11 Å². The number of hydrogen-bond acceptors (Lipinski definition) is 5. The van der Waals surface area contributed by atoms with Gasteiger partial charge in [-0.15, -0.1) is 0 Å². The molecule has 2 fully saturated rings. The first kappa shape index (κ1) is 28.1. The second kappa shape index (κ2) is 9.67. The third-order valence-corrected chi connectivity index (χ3v) is 10.9. The summed E-state index contributed by atoms with van der Waals surface area (Å²) in [5.74, 6) is 2.57. The topological polar surface area (TPSA) is 49.3 Å². The highest BCUT2D eigenvalue weighted by Gasteiger charge is 2.60. The fourth-order valence-electron chi connectivity index (χ4n) is 7.11. The van der Waals surface area contributed by atoms with Gasteiger partial charge in [-0.05, 0) is 125 Å². The van der Waals surface area contributed by atoms with Crippen molar-refractivity contribution in [3.05, 3.63) is 29.3 Å². The fourth-order valence-corrected chi connectivity index (χ4v) is 10.3. The Kier molecular flexibility index (Phi) is 7.54. The summed E-state index contributed by atoms with van der Waals surface area (Å²) < 4.78 is 20.2. The summed E-state index contributed by atoms with van der Waals surface area (Å²) in [4.78, 5) is 5.39. The van der Waals surface area contributed by atoms with Gasteiger partial charge in [0.15, 0.2) is 16.6 Å². The number of rotatable bonds is 7. The molecule has 5 nitrogen and oxygen atoms in total. The number of hydrogen-bond donors (Lipinski definition) is 0. The summed E-state index contributed by atoms with van der Waals surface area (Å²) in [6, 6.07) is 6.72. The van der Waals surface area contributed by atoms with Crippen LogP contribution in [0.5, 0.6) is 5.75 Å². The molecule has 8 heteroatoms. The van der Waals surface area contributed by atoms with Gasteiger partial charge >= 0.3 is 0 Å². The fraction of sp³-hybridized carbons (Fsp3) is 0.750. The minimum absolute atomic E-state index is 0.127. The molecule has 6 atom stereocenters. The molecule has 1 aromatic carbocycles. The van der Waals surface area contributed by atoms with Crippen molar-refractivity contribution in [1.82, 2.24) is 0 Å². The van der Waals surface area contributed by atoms with Crippen LogP contribution in [0.3, 0.4) is 0 Å². The van der Waals surface area contributed by atoms with Crippen LogP contribution in [0, 0.1) is 17.3 Å². The number of nitrogens with zero attached hydrogens (tertiary/aromatic N) is 1. The van der Waals surface area contributed by atoms with E-state index in [9.17, 15) is 0 Å². The van der Waals surface area contributed by atoms with E-state index in [0.29, 0.717) is 17.8 Å². The van der Waals surface area contributed by atoms with Crippen molar-refractivity contribution in [2.45, 2.75) is 110 Å². The van der Waals surface area contributed by atoms with Crippen LogP contribution in [0.25, 0.3) is 0 Å². The van der Waals surface area contributed by atoms with Gasteiger partial charge in [-0.3, -0.25) is 0 Å². The summed E-state index contributed by atoms with van der Waals surface area (Å²) in [5.41, 5.74) is 3.84. The van der Waals surface area contributed by atoms with E-state index in [1.807, 2.05) is 0 Å². The van der Waals surface area contributed by atoms with E-state index in [-0.39, 0.29) is 17.6 Å². The lowest BCUT2D eigenvalue weighted by molar-refractivity contribution is -0.0333. The van der Waals surface area contributed by atoms with Gasteiger partial charge in [-0.1, -0.05) is 18.1 Å². The van der Waals surface area contributed by atoms with Gasteiger partial charge < -0.3 is 18.1 Å². The van der Waals surface area contributed by atoms with Crippen LogP contribution in [-0.4, -0.2) is 50.0 Å². The zero-order chi connectivity index (χ0) is 26.7. The van der Waals surface area contributed by atoms with Crippen molar-refractivity contribution >= 4 is 30.7 Å². The molecule has 0 saturated heterocycles. The minimum atomic E-state index is -1.74. The molecule has 0 amide bonds. The predicted octanol–water partition coefficient (Wildman–Crippen LogP) is 7.61. The molecule has 202 valence electrons. The third-order valence-electron chi connectivity index (χ3n) is 8.12. The number of fused-ring (bicyclic) bond motifs is 5. The van der Waals surface area contributed by atoms with Gasteiger partial charge in [0.2, 0.25) is 8.32 Å². The molecule has 0 radical (unpaired) electrons. The molecule has 0 bridgehead atoms. The Hall–Kier alpha value is -0.939. The monoisotopic (exact) mass is 547 g/mol. The Labute approximate surface area is 222 Å². The molecule has 0 aliphatic heterocycles. The van der Waals surface area contributed by atoms with Crippen molar-refractivity contribution in [3.8, 4) is 5.75 Å². The molecule has 3 aliphatic carbocycles. The van der Waals surface area contributed by atoms with E-state index in [4.69, 9.17) is 18.1 Å². The minimum Gasteiger partial charge on any atom is -0.544 e. The van der Waals surface area contributed by atoms with E-state index in [1.165, 1.54) is 24.0 Å². The van der Waals surface area contributed by atoms with Crippen LogP contribution in [-0.2, 0) is 13.7 Å². The molecule has 3 aliphatic rings. The first-order chi connectivity index (χ1) is 16.5. The lowest BCUT2D eigenvalue weighted by Gasteiger charge is -2.51. The average Bonchev–Trinajstić information content (AvgIpc) is 2.96. The van der Waals surface area contributed by atoms with E-state index >= 15 is 0 Å². The van der Waals surface area contributed by atoms with Crippen LogP contribution < -0.4 is 4.43 Å². The van der Waals surface area contributed by atoms with Gasteiger partial charge in [-0.25, -0.2) is 0 Å². The zero-order valence-electron chi connectivity index (χ0n) is 24.5. The molecular weight excluding hydrogens is 499 g/mol. The predicted molar refractivity (Wildman–Crippen MR) is 157 cm³/mol. The molecule has 4 rings (SSSR count). The maximum absolute atomic E-state index is 6.98. The average molecular weight is 548 g/mol. The molecule has 2 unspecified atom stereocenters. The van der Waals surface area contributed by atoms with Crippen LogP contribution in [0.4, 0.5) is 0 Å². The zero-order valence-corrected chi connectivity index (χ0v) is 27.5. The Morgan fingerprint density at radius 3 is 2.17 bits per heavy atom. The van der Waals surface area contributed by atoms with E-state index in [2.05, 4.69) is 89.2 Å². The number of benzene rings is 1. The summed E-state index contributed by atoms with van der Waals surface area (Å²) >= 11 is 0. The SMILES string of the molecule is CO/N=C1/C[C@@H]2[C@H](CC[C@]3(C)C(O[Si](C)(C)C)C(O[Si](C)(C)C)C[C@@H]23)c2ccc(O[Si](C)(C)C)cc21. The van der Waals surface area contributed by atoms with Gasteiger partial charge in [-0.2, -0.15) is 0 Å². The van der Waals surface area contributed by atoms with Crippen LogP contribution in [0.1, 0.15) is 49.7 Å². The first-order valence-electron chi connectivity index (χ1n) is 13.8. The molecule has 0 heterocycles. The molecule has 2 saturated carbocycles. The maximum Gasteiger partial charge on any atom is 0.242 e. The van der Waals surface area contributed by atoms with Gasteiger partial charge in [0.25, 0.3) is 0 Å². The maximum atomic E-state index is 6.98. The molecule has 0 spiro atoms. The van der Waals surface area contributed by atoms with Crippen molar-refractivity contribution in [3.63, 3.8) is 0 Å². The van der Waals surface area contributed by atoms with Crippen molar-refractivity contribution < 1.29 is 18.1 Å². The van der Waals surface area contributed by atoms with Crippen LogP contribution >= 0.6 is 0 Å². The summed E-state index contributed by atoms with van der Waals surface area (Å²) in [6.45, 7) is 23.1. The Morgan fingerprint density at radius 1 is 0.917 bits per heavy atom. The summed E-state index contributed by atoms with van der Waals surface area (Å²) in [5, 5.41) is 4.57. The Balaban J connectivity index is 1.72. The second-order valence-electron chi connectivity index (χ2n) is 14.5. The standard InChI is InChI=1S/C28H49NO4Si3/c1-28-15-14-21-20-13-12-19(31-34(3,4)5)16-23(20)25(29-30-2)17-22(21)24(28)18-26(32-35(6,7)8)27(28)33-36(9,10)11/h12-13,16,21-22,24,26-27H,14-15,17-18H2,1-11H3/b29-25-/t21-,22-,24+,26?,27?,28+/m1/s1. The molecule has 36 heavy (non-hydrogen) atoms. The highest BCUT2D eigenvalue weighted by molar-refractivity contribution is 6.70. The summed E-state index contributed by atoms with van der Waals surface area (Å²) in [6.07, 6.45) is 4.77. The highest BCUT2D eigenvalue weighted by Crippen LogP contribution is 2.62. The van der Waals surface area contributed by atoms with Crippen molar-refractivity contribution in [2.24, 2.45) is 22.4 Å². The smallest absolute Gasteiger partial charge is 0.242 e. The molecule has 1 aromatic rings. The van der Waals surface area contributed by atoms with Gasteiger partial charge in [0.05, 0.1) is 17.9 Å². The molecule has 0 N–H and O–H groups in total. The van der Waals surface area contributed by atoms with Crippen LogP contribution in [0.15, 0.2) is 23.4 Å². The summed E-state index contributed by atoms with van der Waals surface area (Å²) in [7, 11) is -3.47.